The van der Waals surface area contributed by atoms with Crippen molar-refractivity contribution in [3.05, 3.63) is 34.6 Å². The van der Waals surface area contributed by atoms with Crippen molar-refractivity contribution in [1.29, 1.82) is 0 Å². The molecule has 0 nitrogen and oxygen atoms in total. The molecule has 0 fully saturated rings. The van der Waals surface area contributed by atoms with Gasteiger partial charge in [-0.25, -0.2) is 22.0 Å². The van der Waals surface area contributed by atoms with Crippen LogP contribution in [0.5, 0.6) is 0 Å². The van der Waals surface area contributed by atoms with E-state index in [2.05, 4.69) is 0 Å². The van der Waals surface area contributed by atoms with Gasteiger partial charge in [-0.05, 0) is 6.42 Å². The normalized spacial score (nSPS) is 12.0. The molecule has 0 saturated carbocycles. The van der Waals surface area contributed by atoms with Gasteiger partial charge in [0.1, 0.15) is 0 Å². The molecule has 6 heteroatoms. The molecule has 0 bridgehead atoms. The smallest absolute Gasteiger partial charge is 0.200 e. The summed E-state index contributed by atoms with van der Waals surface area (Å²) in [6, 6.07) is 1.38. The third-order valence-corrected chi connectivity index (χ3v) is 6.83. The zero-order valence-corrected chi connectivity index (χ0v) is 11.5. The lowest BCUT2D eigenvalue weighted by Crippen LogP contribution is -2.25. The summed E-state index contributed by atoms with van der Waals surface area (Å²) in [5, 5.41) is 0. The quantitative estimate of drug-likeness (QED) is 0.326. The van der Waals surface area contributed by atoms with E-state index in [9.17, 15) is 22.0 Å². The first kappa shape index (κ1) is 15.1. The zero-order valence-electron chi connectivity index (χ0n) is 10.5. The molecule has 0 N–H and O–H groups in total. The second-order valence-corrected chi connectivity index (χ2v) is 10.6. The first-order chi connectivity index (χ1) is 8.21. The topological polar surface area (TPSA) is 0 Å². The fourth-order valence-corrected chi connectivity index (χ4v) is 2.79. The summed E-state index contributed by atoms with van der Waals surface area (Å²) in [7, 11) is -1.63. The van der Waals surface area contributed by atoms with Crippen LogP contribution in [0, 0.1) is 29.1 Å². The molecule has 18 heavy (non-hydrogen) atoms. The summed E-state index contributed by atoms with van der Waals surface area (Å²) < 4.78 is 65.5. The van der Waals surface area contributed by atoms with Crippen LogP contribution >= 0.6 is 0 Å². The summed E-state index contributed by atoms with van der Waals surface area (Å²) in [6.07, 6.45) is -0.112. The van der Waals surface area contributed by atoms with E-state index >= 15 is 0 Å². The highest BCUT2D eigenvalue weighted by atomic mass is 28.3. The standard InChI is InChI=1S/C12H15F5Si/c1-4-18(2,3)6-5-7-8(13)10(15)12(17)11(16)9(7)14/h4-6H2,1-3H3. The van der Waals surface area contributed by atoms with E-state index in [1.165, 1.54) is 0 Å². The Bertz CT molecular complexity index is 427. The Morgan fingerprint density at radius 2 is 1.17 bits per heavy atom. The van der Waals surface area contributed by atoms with Gasteiger partial charge in [0.15, 0.2) is 23.3 Å². The first-order valence-corrected chi connectivity index (χ1v) is 9.13. The maximum atomic E-state index is 13.4. The van der Waals surface area contributed by atoms with Gasteiger partial charge in [0.25, 0.3) is 0 Å². The predicted octanol–water partition coefficient (Wildman–Crippen LogP) is 4.65. The molecular weight excluding hydrogens is 267 g/mol. The molecule has 1 rings (SSSR count). The van der Waals surface area contributed by atoms with E-state index in [4.69, 9.17) is 0 Å². The maximum absolute atomic E-state index is 13.4. The van der Waals surface area contributed by atoms with Crippen molar-refractivity contribution in [3.8, 4) is 0 Å². The number of hydrogen-bond donors (Lipinski definition) is 0. The Morgan fingerprint density at radius 3 is 1.56 bits per heavy atom. The van der Waals surface area contributed by atoms with E-state index in [0.717, 1.165) is 6.04 Å². The van der Waals surface area contributed by atoms with Crippen LogP contribution in [-0.4, -0.2) is 8.07 Å². The lowest BCUT2D eigenvalue weighted by Gasteiger charge is -2.20. The Kier molecular flexibility index (Phi) is 4.53. The Hall–Kier alpha value is -0.913. The minimum Gasteiger partial charge on any atom is -0.203 e. The van der Waals surface area contributed by atoms with Gasteiger partial charge in [0.05, 0.1) is 0 Å². The minimum atomic E-state index is -2.10. The van der Waals surface area contributed by atoms with Crippen molar-refractivity contribution in [1.82, 2.24) is 0 Å². The van der Waals surface area contributed by atoms with Gasteiger partial charge in [-0.15, -0.1) is 0 Å². The van der Waals surface area contributed by atoms with E-state index in [1.54, 1.807) is 0 Å². The van der Waals surface area contributed by atoms with Gasteiger partial charge >= 0.3 is 0 Å². The highest BCUT2D eigenvalue weighted by molar-refractivity contribution is 6.77. The van der Waals surface area contributed by atoms with Crippen molar-refractivity contribution >= 4 is 8.07 Å². The average molecular weight is 282 g/mol. The highest BCUT2D eigenvalue weighted by Gasteiger charge is 2.27. The molecule has 102 valence electrons. The minimum absolute atomic E-state index is 0.112. The van der Waals surface area contributed by atoms with Crippen molar-refractivity contribution in [2.75, 3.05) is 0 Å². The van der Waals surface area contributed by atoms with Gasteiger partial charge in [0, 0.05) is 13.6 Å². The van der Waals surface area contributed by atoms with Crippen molar-refractivity contribution in [2.24, 2.45) is 0 Å². The zero-order chi connectivity index (χ0) is 14.1. The van der Waals surface area contributed by atoms with Crippen LogP contribution in [0.25, 0.3) is 0 Å². The summed E-state index contributed by atoms with van der Waals surface area (Å²) in [5.74, 6) is -9.22. The molecule has 0 aliphatic heterocycles. The van der Waals surface area contributed by atoms with Gasteiger partial charge in [-0.1, -0.05) is 32.1 Å². The highest BCUT2D eigenvalue weighted by Crippen LogP contribution is 2.26. The van der Waals surface area contributed by atoms with Crippen molar-refractivity contribution in [3.63, 3.8) is 0 Å². The molecule has 0 atom stereocenters. The SMILES string of the molecule is CC[Si](C)(C)CCc1c(F)c(F)c(F)c(F)c1F. The van der Waals surface area contributed by atoms with E-state index in [1.807, 2.05) is 20.0 Å². The molecule has 1 aromatic rings. The molecule has 0 heterocycles. The van der Waals surface area contributed by atoms with E-state index in [0.29, 0.717) is 6.04 Å². The first-order valence-electron chi connectivity index (χ1n) is 5.71. The third-order valence-electron chi connectivity index (χ3n) is 3.31. The largest absolute Gasteiger partial charge is 0.203 e. The van der Waals surface area contributed by atoms with Crippen molar-refractivity contribution < 1.29 is 22.0 Å². The number of halogens is 5. The second kappa shape index (κ2) is 5.38. The second-order valence-electron chi connectivity index (χ2n) is 5.07. The lowest BCUT2D eigenvalue weighted by molar-refractivity contribution is 0.370. The van der Waals surface area contributed by atoms with E-state index < -0.39 is 42.7 Å². The molecule has 0 spiro atoms. The number of hydrogen-bond acceptors (Lipinski definition) is 0. The molecule has 0 unspecified atom stereocenters. The van der Waals surface area contributed by atoms with Gasteiger partial charge < -0.3 is 0 Å². The van der Waals surface area contributed by atoms with Crippen LogP contribution in [-0.2, 0) is 6.42 Å². The third kappa shape index (κ3) is 2.91. The average Bonchev–Trinajstić information content (AvgIpc) is 2.34. The van der Waals surface area contributed by atoms with Crippen LogP contribution in [0.1, 0.15) is 12.5 Å². The molecule has 0 amide bonds. The van der Waals surface area contributed by atoms with Crippen LogP contribution in [0.4, 0.5) is 22.0 Å². The summed E-state index contributed by atoms with van der Waals surface area (Å²) in [6.45, 7) is 5.99. The van der Waals surface area contributed by atoms with Crippen LogP contribution in [0.3, 0.4) is 0 Å². The van der Waals surface area contributed by atoms with E-state index in [-0.39, 0.29) is 6.42 Å². The molecule has 0 aromatic heterocycles. The maximum Gasteiger partial charge on any atom is 0.200 e. The number of benzene rings is 1. The molecule has 0 aliphatic rings. The fourth-order valence-electron chi connectivity index (χ4n) is 1.51. The van der Waals surface area contributed by atoms with Crippen molar-refractivity contribution in [2.45, 2.75) is 38.5 Å². The lowest BCUT2D eigenvalue weighted by atomic mass is 10.1. The van der Waals surface area contributed by atoms with Gasteiger partial charge in [0.2, 0.25) is 5.82 Å². The Morgan fingerprint density at radius 1 is 0.778 bits per heavy atom. The predicted molar refractivity (Wildman–Crippen MR) is 62.7 cm³/mol. The van der Waals surface area contributed by atoms with Crippen LogP contribution in [0.2, 0.25) is 25.2 Å². The summed E-state index contributed by atoms with van der Waals surface area (Å²) >= 11 is 0. The van der Waals surface area contributed by atoms with Crippen LogP contribution < -0.4 is 0 Å². The monoisotopic (exact) mass is 282 g/mol. The summed E-state index contributed by atoms with van der Waals surface area (Å²) in [4.78, 5) is 0. The molecule has 0 saturated heterocycles. The number of rotatable bonds is 4. The fraction of sp³-hybridized carbons (Fsp3) is 0.500. The van der Waals surface area contributed by atoms with Crippen LogP contribution in [0.15, 0.2) is 0 Å². The Balaban J connectivity index is 3.11. The molecule has 0 aliphatic carbocycles. The summed E-state index contributed by atoms with van der Waals surface area (Å²) in [5.41, 5.74) is -0.694. The molecule has 1 aromatic carbocycles. The molecule has 0 radical (unpaired) electrons. The van der Waals surface area contributed by atoms with Gasteiger partial charge in [-0.3, -0.25) is 0 Å². The van der Waals surface area contributed by atoms with Gasteiger partial charge in [-0.2, -0.15) is 0 Å². The molecular formula is C12H15F5Si. The Labute approximate surface area is 104 Å².